The quantitative estimate of drug-likeness (QED) is 0.840. The molecule has 0 spiro atoms. The van der Waals surface area contributed by atoms with E-state index in [-0.39, 0.29) is 30.2 Å². The Bertz CT molecular complexity index is 661. The van der Waals surface area contributed by atoms with E-state index in [2.05, 4.69) is 6.92 Å². The number of likely N-dealkylation sites (tertiary alicyclic amines) is 1. The molecule has 2 aliphatic heterocycles. The number of piperidine rings is 1. The van der Waals surface area contributed by atoms with Gasteiger partial charge in [0, 0.05) is 31.6 Å². The Balaban J connectivity index is 1.77. The summed E-state index contributed by atoms with van der Waals surface area (Å²) in [5.74, 6) is 1.04. The summed E-state index contributed by atoms with van der Waals surface area (Å²) in [7, 11) is 3.15. The standard InChI is InChI=1S/C19H26N2O4/c1-13-6-4-5-9-20(13)19(23)14-10-18(22)21(12-14)16-8-7-15(24-2)11-17(16)25-3/h7-8,11,13-14H,4-6,9-10,12H2,1-3H3. The lowest BCUT2D eigenvalue weighted by molar-refractivity contribution is -0.139. The molecule has 2 amide bonds. The van der Waals surface area contributed by atoms with Crippen molar-refractivity contribution in [3.8, 4) is 11.5 Å². The van der Waals surface area contributed by atoms with Crippen molar-refractivity contribution >= 4 is 17.5 Å². The average Bonchev–Trinajstić information content (AvgIpc) is 3.02. The Morgan fingerprint density at radius 1 is 1.20 bits per heavy atom. The normalized spacial score (nSPS) is 23.7. The molecule has 25 heavy (non-hydrogen) atoms. The van der Waals surface area contributed by atoms with Crippen molar-refractivity contribution in [1.82, 2.24) is 4.90 Å². The van der Waals surface area contributed by atoms with E-state index in [1.807, 2.05) is 11.0 Å². The van der Waals surface area contributed by atoms with Gasteiger partial charge in [0.1, 0.15) is 11.5 Å². The van der Waals surface area contributed by atoms with Crippen LogP contribution < -0.4 is 14.4 Å². The predicted octanol–water partition coefficient (Wildman–Crippen LogP) is 2.46. The number of methoxy groups -OCH3 is 2. The second kappa shape index (κ2) is 7.33. The number of nitrogens with zero attached hydrogens (tertiary/aromatic N) is 2. The summed E-state index contributed by atoms with van der Waals surface area (Å²) in [6.07, 6.45) is 3.52. The summed E-state index contributed by atoms with van der Waals surface area (Å²) in [6, 6.07) is 5.63. The highest BCUT2D eigenvalue weighted by Crippen LogP contribution is 2.36. The molecule has 2 saturated heterocycles. The number of carbonyl (C=O) groups excluding carboxylic acids is 2. The van der Waals surface area contributed by atoms with E-state index < -0.39 is 0 Å². The van der Waals surface area contributed by atoms with Crippen LogP contribution in [0, 0.1) is 5.92 Å². The SMILES string of the molecule is COc1ccc(N2CC(C(=O)N3CCCCC3C)CC2=O)c(OC)c1. The van der Waals surface area contributed by atoms with Crippen molar-refractivity contribution in [2.45, 2.75) is 38.6 Å². The number of hydrogen-bond acceptors (Lipinski definition) is 4. The molecule has 1 aromatic rings. The summed E-state index contributed by atoms with van der Waals surface area (Å²) in [5.41, 5.74) is 0.690. The molecule has 2 heterocycles. The number of ether oxygens (including phenoxy) is 2. The van der Waals surface area contributed by atoms with Gasteiger partial charge in [0.2, 0.25) is 11.8 Å². The molecule has 6 nitrogen and oxygen atoms in total. The van der Waals surface area contributed by atoms with Crippen molar-refractivity contribution in [1.29, 1.82) is 0 Å². The van der Waals surface area contributed by atoms with Crippen molar-refractivity contribution in [3.05, 3.63) is 18.2 Å². The van der Waals surface area contributed by atoms with Gasteiger partial charge in [-0.15, -0.1) is 0 Å². The van der Waals surface area contributed by atoms with E-state index in [4.69, 9.17) is 9.47 Å². The third kappa shape index (κ3) is 3.43. The highest BCUT2D eigenvalue weighted by Gasteiger charge is 2.39. The second-order valence-corrected chi connectivity index (χ2v) is 6.82. The van der Waals surface area contributed by atoms with E-state index in [1.54, 1.807) is 31.3 Å². The molecule has 0 N–H and O–H groups in total. The van der Waals surface area contributed by atoms with Crippen molar-refractivity contribution in [2.75, 3.05) is 32.2 Å². The minimum absolute atomic E-state index is 0.0357. The molecule has 0 bridgehead atoms. The molecule has 0 radical (unpaired) electrons. The lowest BCUT2D eigenvalue weighted by atomic mass is 9.99. The number of carbonyl (C=O) groups is 2. The Labute approximate surface area is 148 Å². The number of benzene rings is 1. The van der Waals surface area contributed by atoms with E-state index in [0.717, 1.165) is 19.4 Å². The first-order valence-electron chi connectivity index (χ1n) is 8.88. The van der Waals surface area contributed by atoms with Crippen molar-refractivity contribution in [2.24, 2.45) is 5.92 Å². The summed E-state index contributed by atoms with van der Waals surface area (Å²) in [6.45, 7) is 3.30. The Morgan fingerprint density at radius 3 is 2.68 bits per heavy atom. The lowest BCUT2D eigenvalue weighted by Gasteiger charge is -2.35. The molecule has 3 rings (SSSR count). The van der Waals surface area contributed by atoms with Gasteiger partial charge in [-0.2, -0.15) is 0 Å². The molecular formula is C19H26N2O4. The molecule has 2 aliphatic rings. The molecule has 2 unspecified atom stereocenters. The zero-order valence-electron chi connectivity index (χ0n) is 15.2. The monoisotopic (exact) mass is 346 g/mol. The van der Waals surface area contributed by atoms with Gasteiger partial charge in [0.25, 0.3) is 0 Å². The smallest absolute Gasteiger partial charge is 0.228 e. The van der Waals surface area contributed by atoms with Crippen LogP contribution in [0.2, 0.25) is 0 Å². The molecule has 0 aromatic heterocycles. The van der Waals surface area contributed by atoms with Crippen molar-refractivity contribution in [3.63, 3.8) is 0 Å². The molecular weight excluding hydrogens is 320 g/mol. The highest BCUT2D eigenvalue weighted by atomic mass is 16.5. The van der Waals surface area contributed by atoms with E-state index in [0.29, 0.717) is 23.7 Å². The minimum atomic E-state index is -0.278. The molecule has 0 aliphatic carbocycles. The molecule has 0 saturated carbocycles. The van der Waals surface area contributed by atoms with Gasteiger partial charge >= 0.3 is 0 Å². The second-order valence-electron chi connectivity index (χ2n) is 6.82. The van der Waals surface area contributed by atoms with E-state index in [1.165, 1.54) is 6.42 Å². The van der Waals surface area contributed by atoms with Gasteiger partial charge in [-0.3, -0.25) is 9.59 Å². The van der Waals surface area contributed by atoms with Gasteiger partial charge in [0.05, 0.1) is 25.8 Å². The highest BCUT2D eigenvalue weighted by molar-refractivity contribution is 6.01. The van der Waals surface area contributed by atoms with Gasteiger partial charge in [-0.25, -0.2) is 0 Å². The largest absolute Gasteiger partial charge is 0.497 e. The fourth-order valence-electron chi connectivity index (χ4n) is 3.77. The average molecular weight is 346 g/mol. The third-order valence-electron chi connectivity index (χ3n) is 5.24. The zero-order valence-corrected chi connectivity index (χ0v) is 15.2. The molecule has 1 aromatic carbocycles. The first-order valence-corrected chi connectivity index (χ1v) is 8.88. The van der Waals surface area contributed by atoms with Crippen LogP contribution >= 0.6 is 0 Å². The van der Waals surface area contributed by atoms with Crippen LogP contribution in [0.15, 0.2) is 18.2 Å². The summed E-state index contributed by atoms with van der Waals surface area (Å²) in [4.78, 5) is 29.0. The Kier molecular flexibility index (Phi) is 5.16. The minimum Gasteiger partial charge on any atom is -0.497 e. The zero-order chi connectivity index (χ0) is 18.0. The van der Waals surface area contributed by atoms with Gasteiger partial charge < -0.3 is 19.3 Å². The maximum absolute atomic E-state index is 12.9. The van der Waals surface area contributed by atoms with Crippen LogP contribution in [0.25, 0.3) is 0 Å². The van der Waals surface area contributed by atoms with E-state index >= 15 is 0 Å². The summed E-state index contributed by atoms with van der Waals surface area (Å²) in [5, 5.41) is 0. The fourth-order valence-corrected chi connectivity index (χ4v) is 3.77. The number of amides is 2. The predicted molar refractivity (Wildman–Crippen MR) is 95.0 cm³/mol. The number of anilines is 1. The van der Waals surface area contributed by atoms with Crippen LogP contribution in [-0.4, -0.2) is 50.1 Å². The maximum Gasteiger partial charge on any atom is 0.228 e. The van der Waals surface area contributed by atoms with E-state index in [9.17, 15) is 9.59 Å². The van der Waals surface area contributed by atoms with Gasteiger partial charge in [-0.1, -0.05) is 0 Å². The van der Waals surface area contributed by atoms with Crippen molar-refractivity contribution < 1.29 is 19.1 Å². The van der Waals surface area contributed by atoms with Crippen LogP contribution in [0.3, 0.4) is 0 Å². The Morgan fingerprint density at radius 2 is 2.00 bits per heavy atom. The fraction of sp³-hybridized carbons (Fsp3) is 0.579. The molecule has 2 atom stereocenters. The first kappa shape index (κ1) is 17.6. The molecule has 136 valence electrons. The van der Waals surface area contributed by atoms with Crippen LogP contribution in [0.5, 0.6) is 11.5 Å². The summed E-state index contributed by atoms with van der Waals surface area (Å²) < 4.78 is 10.6. The molecule has 6 heteroatoms. The maximum atomic E-state index is 12.9. The molecule has 2 fully saturated rings. The van der Waals surface area contributed by atoms with Gasteiger partial charge in [0.15, 0.2) is 0 Å². The van der Waals surface area contributed by atoms with Crippen LogP contribution in [0.4, 0.5) is 5.69 Å². The summed E-state index contributed by atoms with van der Waals surface area (Å²) >= 11 is 0. The number of rotatable bonds is 4. The van der Waals surface area contributed by atoms with Crippen LogP contribution in [0.1, 0.15) is 32.6 Å². The topological polar surface area (TPSA) is 59.1 Å². The lowest BCUT2D eigenvalue weighted by Crippen LogP contribution is -2.45. The first-order chi connectivity index (χ1) is 12.0. The van der Waals surface area contributed by atoms with Crippen LogP contribution in [-0.2, 0) is 9.59 Å². The number of hydrogen-bond donors (Lipinski definition) is 0. The Hall–Kier alpha value is -2.24. The van der Waals surface area contributed by atoms with Gasteiger partial charge in [-0.05, 0) is 38.3 Å². The third-order valence-corrected chi connectivity index (χ3v) is 5.24.